The van der Waals surface area contributed by atoms with Gasteiger partial charge in [0.05, 0.1) is 13.2 Å². The number of hydrogen-bond donors (Lipinski definition) is 2. The quantitative estimate of drug-likeness (QED) is 0.643. The van der Waals surface area contributed by atoms with Gasteiger partial charge in [0.2, 0.25) is 0 Å². The highest BCUT2D eigenvalue weighted by molar-refractivity contribution is 5.10. The molecule has 0 heterocycles. The molecule has 0 radical (unpaired) electrons. The van der Waals surface area contributed by atoms with Gasteiger partial charge in [0.15, 0.2) is 0 Å². The third-order valence-corrected chi connectivity index (χ3v) is 2.39. The van der Waals surface area contributed by atoms with Gasteiger partial charge in [-0.05, 0) is 33.1 Å². The minimum absolute atomic E-state index is 0. The first-order valence-corrected chi connectivity index (χ1v) is 6.66. The number of aliphatic hydroxyl groups is 2. The van der Waals surface area contributed by atoms with Crippen LogP contribution in [-0.2, 0) is 4.79 Å². The van der Waals surface area contributed by atoms with Crippen molar-refractivity contribution in [2.75, 3.05) is 53.0 Å². The first-order valence-electron chi connectivity index (χ1n) is 6.66. The Bertz CT molecular complexity index is 137. The summed E-state index contributed by atoms with van der Waals surface area (Å²) >= 11 is 0. The number of carbonyl (C=O) groups excluding carboxylic acids is 1. The zero-order chi connectivity index (χ0) is 14.8. The van der Waals surface area contributed by atoms with Crippen LogP contribution in [0, 0.1) is 0 Å². The van der Waals surface area contributed by atoms with Crippen LogP contribution in [-0.4, -0.2) is 79.8 Å². The van der Waals surface area contributed by atoms with Gasteiger partial charge in [-0.1, -0.05) is 20.8 Å². The molecule has 0 aliphatic rings. The number of aliphatic hydroxyl groups excluding tert-OH is 2. The molecule has 0 bridgehead atoms. The summed E-state index contributed by atoms with van der Waals surface area (Å²) in [5.74, 6) is 0. The number of carbonyl (C=O) groups is 1. The second kappa shape index (κ2) is 21.8. The molecule has 0 aliphatic heterocycles. The fourth-order valence-electron chi connectivity index (χ4n) is 1.34. The van der Waals surface area contributed by atoms with E-state index in [4.69, 9.17) is 15.0 Å². The molecule has 0 aliphatic carbocycles. The van der Waals surface area contributed by atoms with E-state index < -0.39 is 0 Å². The van der Waals surface area contributed by atoms with Gasteiger partial charge < -0.3 is 19.9 Å². The highest BCUT2D eigenvalue weighted by Gasteiger charge is 2.03. The van der Waals surface area contributed by atoms with Crippen LogP contribution in [0.3, 0.4) is 0 Å². The summed E-state index contributed by atoms with van der Waals surface area (Å²) in [6.07, 6.45) is 1.09. The van der Waals surface area contributed by atoms with E-state index in [0.29, 0.717) is 13.1 Å². The summed E-state index contributed by atoms with van der Waals surface area (Å²) in [5, 5.41) is 17.6. The van der Waals surface area contributed by atoms with Crippen LogP contribution < -0.4 is 0 Å². The van der Waals surface area contributed by atoms with Gasteiger partial charge in [-0.3, -0.25) is 4.90 Å². The maximum atomic E-state index is 8.78. The molecular formula is C13H34N2O3. The lowest BCUT2D eigenvalue weighted by Gasteiger charge is -2.21. The summed E-state index contributed by atoms with van der Waals surface area (Å²) < 4.78 is 0. The lowest BCUT2D eigenvalue weighted by atomic mass is 10.3. The second-order valence-corrected chi connectivity index (χ2v) is 3.54. The van der Waals surface area contributed by atoms with E-state index in [1.54, 1.807) is 0 Å². The Morgan fingerprint density at radius 1 is 1.00 bits per heavy atom. The summed E-state index contributed by atoms with van der Waals surface area (Å²) in [5.41, 5.74) is 0. The van der Waals surface area contributed by atoms with Crippen LogP contribution in [0.5, 0.6) is 0 Å². The Kier molecular flexibility index (Phi) is 27.4. The van der Waals surface area contributed by atoms with Crippen LogP contribution in [0.4, 0.5) is 0 Å². The Morgan fingerprint density at radius 2 is 1.44 bits per heavy atom. The summed E-state index contributed by atoms with van der Waals surface area (Å²) in [4.78, 5) is 12.3. The van der Waals surface area contributed by atoms with Gasteiger partial charge >= 0.3 is 0 Å². The molecule has 0 saturated heterocycles. The van der Waals surface area contributed by atoms with E-state index in [1.807, 2.05) is 20.6 Å². The van der Waals surface area contributed by atoms with Crippen molar-refractivity contribution >= 4 is 6.79 Å². The Hall–Kier alpha value is -0.490. The van der Waals surface area contributed by atoms with Crippen molar-refractivity contribution < 1.29 is 16.4 Å². The van der Waals surface area contributed by atoms with E-state index in [9.17, 15) is 0 Å². The smallest absolute Gasteiger partial charge is 0.106 e. The Balaban J connectivity index is -0.000000204. The molecule has 5 nitrogen and oxygen atoms in total. The molecule has 0 spiro atoms. The van der Waals surface area contributed by atoms with Crippen LogP contribution in [0.1, 0.15) is 28.6 Å². The number of nitrogens with zero attached hydrogens (tertiary/aromatic N) is 2. The zero-order valence-corrected chi connectivity index (χ0v) is 12.6. The van der Waals surface area contributed by atoms with Gasteiger partial charge in [-0.15, -0.1) is 0 Å². The maximum Gasteiger partial charge on any atom is 0.106 e. The molecular weight excluding hydrogens is 232 g/mol. The van der Waals surface area contributed by atoms with Gasteiger partial charge in [-0.25, -0.2) is 0 Å². The van der Waals surface area contributed by atoms with Crippen molar-refractivity contribution in [3.05, 3.63) is 0 Å². The lowest BCUT2D eigenvalue weighted by molar-refractivity contribution is -0.0979. The average Bonchev–Trinajstić information content (AvgIpc) is 2.43. The third-order valence-electron chi connectivity index (χ3n) is 2.39. The van der Waals surface area contributed by atoms with Crippen molar-refractivity contribution in [1.82, 2.24) is 9.80 Å². The third kappa shape index (κ3) is 17.9. The molecule has 0 aromatic heterocycles. The fourth-order valence-corrected chi connectivity index (χ4v) is 1.34. The molecule has 0 aromatic carbocycles. The topological polar surface area (TPSA) is 64.0 Å². The zero-order valence-electron chi connectivity index (χ0n) is 12.6. The monoisotopic (exact) mass is 266 g/mol. The molecule has 0 rings (SSSR count). The molecule has 18 heavy (non-hydrogen) atoms. The van der Waals surface area contributed by atoms with E-state index >= 15 is 0 Å². The van der Waals surface area contributed by atoms with Crippen molar-refractivity contribution in [2.45, 2.75) is 27.2 Å². The van der Waals surface area contributed by atoms with E-state index in [0.717, 1.165) is 26.1 Å². The minimum Gasteiger partial charge on any atom is -0.395 e. The first-order chi connectivity index (χ1) is 8.74. The molecule has 2 N–H and O–H groups in total. The average molecular weight is 266 g/mol. The van der Waals surface area contributed by atoms with Crippen LogP contribution in [0.15, 0.2) is 0 Å². The molecule has 0 atom stereocenters. The van der Waals surface area contributed by atoms with Gasteiger partial charge in [-0.2, -0.15) is 0 Å². The highest BCUT2D eigenvalue weighted by Crippen LogP contribution is 1.93. The lowest BCUT2D eigenvalue weighted by Crippen LogP contribution is -2.32. The molecule has 0 saturated carbocycles. The molecule has 0 unspecified atom stereocenters. The molecule has 114 valence electrons. The molecule has 0 fully saturated rings. The summed E-state index contributed by atoms with van der Waals surface area (Å²) in [7, 11) is 2.10. The van der Waals surface area contributed by atoms with Crippen LogP contribution in [0.2, 0.25) is 0 Å². The Morgan fingerprint density at radius 3 is 1.78 bits per heavy atom. The van der Waals surface area contributed by atoms with Crippen molar-refractivity contribution in [2.24, 2.45) is 0 Å². The molecule has 0 amide bonds. The van der Waals surface area contributed by atoms with Gasteiger partial charge in [0, 0.05) is 14.5 Å². The maximum absolute atomic E-state index is 8.78. The second-order valence-electron chi connectivity index (χ2n) is 3.54. The predicted octanol–water partition coefficient (Wildman–Crippen LogP) is 0.702. The Labute approximate surface area is 114 Å². The number of rotatable bonds is 9. The van der Waals surface area contributed by atoms with Crippen molar-refractivity contribution in [3.63, 3.8) is 0 Å². The number of hydrogen-bond acceptors (Lipinski definition) is 5. The van der Waals surface area contributed by atoms with Crippen LogP contribution >= 0.6 is 0 Å². The normalized spacial score (nSPS) is 9.56. The summed E-state index contributed by atoms with van der Waals surface area (Å²) in [6, 6.07) is 0. The molecule has 0 aromatic rings. The summed E-state index contributed by atoms with van der Waals surface area (Å²) in [6.45, 7) is 12.9. The van der Waals surface area contributed by atoms with Crippen LogP contribution in [0.25, 0.3) is 0 Å². The van der Waals surface area contributed by atoms with Crippen molar-refractivity contribution in [1.29, 1.82) is 0 Å². The van der Waals surface area contributed by atoms with Gasteiger partial charge in [0.1, 0.15) is 6.79 Å². The SMILES string of the molecule is C=O.CC.CCN(C)CCCN(CCO)CCO.[HH]. The van der Waals surface area contributed by atoms with Gasteiger partial charge in [0.25, 0.3) is 0 Å². The first kappa shape index (κ1) is 22.7. The standard InChI is InChI=1S/C10H24N2O2.C2H6.CH2O.H2/c1-3-11(2)5-4-6-12(7-9-13)8-10-14;2*1-2;/h13-14H,3-10H2,1-2H3;1-2H3;1H2;1H. The molecule has 5 heteroatoms. The highest BCUT2D eigenvalue weighted by atomic mass is 16.3. The largest absolute Gasteiger partial charge is 0.395 e. The minimum atomic E-state index is 0. The fraction of sp³-hybridized carbons (Fsp3) is 0.923. The van der Waals surface area contributed by atoms with E-state index in [2.05, 4.69) is 23.8 Å². The van der Waals surface area contributed by atoms with E-state index in [-0.39, 0.29) is 14.6 Å². The van der Waals surface area contributed by atoms with E-state index in [1.165, 1.54) is 0 Å². The predicted molar refractivity (Wildman–Crippen MR) is 79.0 cm³/mol. The van der Waals surface area contributed by atoms with Crippen molar-refractivity contribution in [3.8, 4) is 0 Å².